The van der Waals surface area contributed by atoms with Gasteiger partial charge in [-0.2, -0.15) is 0 Å². The second-order valence-electron chi connectivity index (χ2n) is 4.06. The maximum absolute atomic E-state index is 11.0. The predicted octanol–water partition coefficient (Wildman–Crippen LogP) is -2.48. The molecule has 0 rings (SSSR count). The van der Waals surface area contributed by atoms with E-state index in [1.54, 1.807) is 19.9 Å². The van der Waals surface area contributed by atoms with Crippen LogP contribution in [0.4, 0.5) is 0 Å². The molecule has 0 spiro atoms. The van der Waals surface area contributed by atoms with Gasteiger partial charge in [-0.25, -0.2) is 4.79 Å². The molecule has 0 aromatic rings. The van der Waals surface area contributed by atoms with Crippen LogP contribution in [0.2, 0.25) is 0 Å². The zero-order valence-electron chi connectivity index (χ0n) is 9.74. The van der Waals surface area contributed by atoms with Crippen LogP contribution in [-0.2, 0) is 9.53 Å². The van der Waals surface area contributed by atoms with E-state index in [9.17, 15) is 9.90 Å². The number of hydrogen-bond acceptors (Lipinski definition) is 3. The van der Waals surface area contributed by atoms with E-state index >= 15 is 0 Å². The first-order valence-corrected chi connectivity index (χ1v) is 4.67. The molecular formula is C10H20INO3. The summed E-state index contributed by atoms with van der Waals surface area (Å²) in [5, 5.41) is 9.19. The molecule has 0 saturated carbocycles. The third-order valence-electron chi connectivity index (χ3n) is 1.62. The minimum absolute atomic E-state index is 0. The summed E-state index contributed by atoms with van der Waals surface area (Å²) in [4.78, 5) is 11.0. The van der Waals surface area contributed by atoms with Gasteiger partial charge in [-0.3, -0.25) is 4.48 Å². The van der Waals surface area contributed by atoms with Crippen molar-refractivity contribution in [2.24, 2.45) is 0 Å². The number of carbonyl (C=O) groups is 1. The lowest BCUT2D eigenvalue weighted by atomic mass is 10.3. The van der Waals surface area contributed by atoms with Crippen LogP contribution in [0.3, 0.4) is 0 Å². The van der Waals surface area contributed by atoms with Gasteiger partial charge >= 0.3 is 5.97 Å². The highest BCUT2D eigenvalue weighted by Crippen LogP contribution is 2.00. The van der Waals surface area contributed by atoms with Crippen LogP contribution in [0.15, 0.2) is 12.2 Å². The van der Waals surface area contributed by atoms with Crippen molar-refractivity contribution in [3.63, 3.8) is 0 Å². The van der Waals surface area contributed by atoms with Crippen LogP contribution in [0, 0.1) is 0 Å². The molecule has 0 aliphatic heterocycles. The lowest BCUT2D eigenvalue weighted by Gasteiger charge is -2.29. The van der Waals surface area contributed by atoms with Gasteiger partial charge in [-0.15, -0.1) is 0 Å². The first-order valence-electron chi connectivity index (χ1n) is 4.67. The number of carbonyl (C=O) groups excluding carboxylic acids is 1. The van der Waals surface area contributed by atoms with Crippen molar-refractivity contribution in [3.8, 4) is 0 Å². The summed E-state index contributed by atoms with van der Waals surface area (Å²) in [6, 6.07) is 0. The fourth-order valence-corrected chi connectivity index (χ4v) is 1.19. The first-order chi connectivity index (χ1) is 6.37. The molecule has 1 unspecified atom stereocenters. The van der Waals surface area contributed by atoms with E-state index in [4.69, 9.17) is 4.74 Å². The number of allylic oxidation sites excluding steroid dienone is 1. The fourth-order valence-electron chi connectivity index (χ4n) is 1.19. The number of quaternary nitrogens is 1. The molecule has 0 aromatic heterocycles. The molecule has 0 aromatic carbocycles. The van der Waals surface area contributed by atoms with Gasteiger partial charge in [0, 0.05) is 6.08 Å². The third kappa shape index (κ3) is 10.1. The SMILES string of the molecule is CC=CC(=O)OC[N+](C)(C)CC(C)O.[I-]. The Morgan fingerprint density at radius 3 is 2.47 bits per heavy atom. The van der Waals surface area contributed by atoms with Crippen LogP contribution < -0.4 is 24.0 Å². The van der Waals surface area contributed by atoms with Crippen molar-refractivity contribution < 1.29 is 43.1 Å². The number of rotatable bonds is 5. The minimum atomic E-state index is -0.398. The molecule has 0 saturated heterocycles. The Labute approximate surface area is 109 Å². The third-order valence-corrected chi connectivity index (χ3v) is 1.62. The molecule has 0 fully saturated rings. The highest BCUT2D eigenvalue weighted by molar-refractivity contribution is 5.81. The number of likely N-dealkylation sites (N-methyl/N-ethyl adjacent to an activating group) is 1. The summed E-state index contributed by atoms with van der Waals surface area (Å²) in [6.45, 7) is 4.31. The second kappa shape index (κ2) is 8.06. The van der Waals surface area contributed by atoms with Crippen molar-refractivity contribution in [2.75, 3.05) is 27.4 Å². The Bertz CT molecular complexity index is 215. The number of nitrogens with zero attached hydrogens (tertiary/aromatic N) is 1. The average Bonchev–Trinajstić information content (AvgIpc) is 1.99. The maximum Gasteiger partial charge on any atom is 0.334 e. The van der Waals surface area contributed by atoms with Gasteiger partial charge in [-0.1, -0.05) is 6.08 Å². The first kappa shape index (κ1) is 17.3. The Kier molecular flexibility index (Phi) is 9.28. The Morgan fingerprint density at radius 1 is 1.53 bits per heavy atom. The molecule has 0 amide bonds. The molecule has 0 heterocycles. The van der Waals surface area contributed by atoms with Gasteiger partial charge in [0.15, 0.2) is 0 Å². The zero-order valence-corrected chi connectivity index (χ0v) is 11.9. The second-order valence-corrected chi connectivity index (χ2v) is 4.06. The molecule has 4 nitrogen and oxygen atoms in total. The summed E-state index contributed by atoms with van der Waals surface area (Å²) >= 11 is 0. The topological polar surface area (TPSA) is 46.5 Å². The Balaban J connectivity index is 0. The summed E-state index contributed by atoms with van der Waals surface area (Å²) in [7, 11) is 3.80. The Hall–Kier alpha value is -0.140. The predicted molar refractivity (Wildman–Crippen MR) is 54.4 cm³/mol. The highest BCUT2D eigenvalue weighted by Gasteiger charge is 2.19. The number of aliphatic hydroxyl groups is 1. The van der Waals surface area contributed by atoms with Crippen LogP contribution in [0.1, 0.15) is 13.8 Å². The average molecular weight is 329 g/mol. The van der Waals surface area contributed by atoms with Crippen molar-refractivity contribution >= 4 is 5.97 Å². The molecule has 5 heteroatoms. The highest BCUT2D eigenvalue weighted by atomic mass is 127. The minimum Gasteiger partial charge on any atom is -1.00 e. The molecule has 0 aliphatic carbocycles. The summed E-state index contributed by atoms with van der Waals surface area (Å²) in [5.74, 6) is -0.343. The molecule has 1 atom stereocenters. The van der Waals surface area contributed by atoms with Crippen molar-refractivity contribution in [2.45, 2.75) is 20.0 Å². The van der Waals surface area contributed by atoms with Crippen LogP contribution >= 0.6 is 0 Å². The zero-order chi connectivity index (χ0) is 11.2. The van der Waals surface area contributed by atoms with E-state index in [1.165, 1.54) is 6.08 Å². The van der Waals surface area contributed by atoms with E-state index in [0.717, 1.165) is 0 Å². The van der Waals surface area contributed by atoms with Crippen LogP contribution in [0.5, 0.6) is 0 Å². The standard InChI is InChI=1S/C10H20NO3.HI/c1-5-6-10(13)14-8-11(3,4)7-9(2)12;/h5-6,9,12H,7-8H2,1-4H3;1H/q+1;/p-1. The van der Waals surface area contributed by atoms with E-state index in [-0.39, 0.29) is 36.7 Å². The lowest BCUT2D eigenvalue weighted by molar-refractivity contribution is -0.909. The number of esters is 1. The van der Waals surface area contributed by atoms with Crippen molar-refractivity contribution in [3.05, 3.63) is 12.2 Å². The smallest absolute Gasteiger partial charge is 0.334 e. The number of halogens is 1. The number of hydrogen-bond donors (Lipinski definition) is 1. The largest absolute Gasteiger partial charge is 1.00 e. The number of aliphatic hydroxyl groups excluding tert-OH is 1. The quantitative estimate of drug-likeness (QED) is 0.200. The van der Waals surface area contributed by atoms with Gasteiger partial charge < -0.3 is 33.8 Å². The summed E-state index contributed by atoms with van der Waals surface area (Å²) in [5.41, 5.74) is 0. The molecule has 0 radical (unpaired) electrons. The lowest BCUT2D eigenvalue weighted by Crippen LogP contribution is -3.00. The molecule has 90 valence electrons. The van der Waals surface area contributed by atoms with Gasteiger partial charge in [0.1, 0.15) is 12.6 Å². The van der Waals surface area contributed by atoms with Crippen molar-refractivity contribution in [1.29, 1.82) is 0 Å². The monoisotopic (exact) mass is 329 g/mol. The molecule has 1 N–H and O–H groups in total. The number of ether oxygens (including phenoxy) is 1. The fraction of sp³-hybridized carbons (Fsp3) is 0.700. The Morgan fingerprint density at radius 2 is 2.07 bits per heavy atom. The van der Waals surface area contributed by atoms with E-state index in [0.29, 0.717) is 11.0 Å². The summed E-state index contributed by atoms with van der Waals surface area (Å²) in [6.07, 6.45) is 2.62. The summed E-state index contributed by atoms with van der Waals surface area (Å²) < 4.78 is 5.44. The van der Waals surface area contributed by atoms with Crippen LogP contribution in [0.25, 0.3) is 0 Å². The molecule has 0 aliphatic rings. The molecule has 0 bridgehead atoms. The molecular weight excluding hydrogens is 309 g/mol. The normalized spacial score (nSPS) is 13.4. The van der Waals surface area contributed by atoms with E-state index < -0.39 is 6.10 Å². The van der Waals surface area contributed by atoms with Gasteiger partial charge in [0.25, 0.3) is 0 Å². The van der Waals surface area contributed by atoms with Crippen LogP contribution in [-0.4, -0.2) is 49.0 Å². The van der Waals surface area contributed by atoms with Gasteiger partial charge in [0.2, 0.25) is 6.73 Å². The van der Waals surface area contributed by atoms with E-state index in [1.807, 2.05) is 14.1 Å². The maximum atomic E-state index is 11.0. The van der Waals surface area contributed by atoms with Crippen molar-refractivity contribution in [1.82, 2.24) is 0 Å². The molecule has 15 heavy (non-hydrogen) atoms. The van der Waals surface area contributed by atoms with E-state index in [2.05, 4.69) is 0 Å². The van der Waals surface area contributed by atoms with Gasteiger partial charge in [0.05, 0.1) is 14.1 Å². The van der Waals surface area contributed by atoms with Gasteiger partial charge in [-0.05, 0) is 13.8 Å².